The van der Waals surface area contributed by atoms with Gasteiger partial charge in [0.25, 0.3) is 0 Å². The highest BCUT2D eigenvalue weighted by atomic mass is 35.5. The third kappa shape index (κ3) is 2.54. The molecule has 1 saturated heterocycles. The van der Waals surface area contributed by atoms with Gasteiger partial charge in [0.1, 0.15) is 0 Å². The fourth-order valence-corrected chi connectivity index (χ4v) is 2.44. The molecule has 0 radical (unpaired) electrons. The van der Waals surface area contributed by atoms with Crippen LogP contribution in [-0.4, -0.2) is 23.1 Å². The number of nitrogens with zero attached hydrogens (tertiary/aromatic N) is 1. The monoisotopic (exact) mass is 294 g/mol. The molecule has 1 aromatic rings. The van der Waals surface area contributed by atoms with Crippen molar-refractivity contribution >= 4 is 52.1 Å². The molecular formula is C10H9Cl3N2S. The van der Waals surface area contributed by atoms with Crippen molar-refractivity contribution in [1.82, 2.24) is 10.2 Å². The van der Waals surface area contributed by atoms with E-state index in [9.17, 15) is 0 Å². The lowest BCUT2D eigenvalue weighted by Gasteiger charge is -2.17. The predicted molar refractivity (Wildman–Crippen MR) is 72.5 cm³/mol. The van der Waals surface area contributed by atoms with Crippen molar-refractivity contribution in [3.05, 3.63) is 32.8 Å². The van der Waals surface area contributed by atoms with Gasteiger partial charge in [-0.05, 0) is 29.9 Å². The Labute approximate surface area is 114 Å². The van der Waals surface area contributed by atoms with Crippen molar-refractivity contribution in [2.24, 2.45) is 0 Å². The Hall–Kier alpha value is -0.220. The van der Waals surface area contributed by atoms with Crippen molar-refractivity contribution in [1.29, 1.82) is 0 Å². The fraction of sp³-hybridized carbons (Fsp3) is 0.300. The van der Waals surface area contributed by atoms with Crippen LogP contribution in [0.4, 0.5) is 0 Å². The van der Waals surface area contributed by atoms with Gasteiger partial charge in [-0.25, -0.2) is 0 Å². The van der Waals surface area contributed by atoms with Crippen molar-refractivity contribution in [2.45, 2.75) is 6.54 Å². The highest BCUT2D eigenvalue weighted by molar-refractivity contribution is 7.80. The Morgan fingerprint density at radius 2 is 1.88 bits per heavy atom. The van der Waals surface area contributed by atoms with Crippen molar-refractivity contribution in [2.75, 3.05) is 13.1 Å². The van der Waals surface area contributed by atoms with Gasteiger partial charge >= 0.3 is 0 Å². The number of rotatable bonds is 2. The maximum atomic E-state index is 6.09. The molecule has 1 fully saturated rings. The largest absolute Gasteiger partial charge is 0.361 e. The smallest absolute Gasteiger partial charge is 0.169 e. The Kier molecular flexibility index (Phi) is 3.80. The molecule has 1 aliphatic rings. The Morgan fingerprint density at radius 1 is 1.19 bits per heavy atom. The van der Waals surface area contributed by atoms with Crippen LogP contribution in [0.5, 0.6) is 0 Å². The molecular weight excluding hydrogens is 287 g/mol. The fourth-order valence-electron chi connectivity index (χ4n) is 1.55. The number of hydrogen-bond acceptors (Lipinski definition) is 1. The van der Waals surface area contributed by atoms with E-state index in [0.717, 1.165) is 23.8 Å². The first-order valence-corrected chi connectivity index (χ1v) is 6.28. The van der Waals surface area contributed by atoms with Crippen LogP contribution in [0.2, 0.25) is 15.1 Å². The molecule has 0 saturated carbocycles. The topological polar surface area (TPSA) is 15.3 Å². The second kappa shape index (κ2) is 4.96. The highest BCUT2D eigenvalue weighted by Gasteiger charge is 2.17. The summed E-state index contributed by atoms with van der Waals surface area (Å²) in [4.78, 5) is 2.04. The Bertz CT molecular complexity index is 436. The molecule has 0 aromatic heterocycles. The number of halogens is 3. The van der Waals surface area contributed by atoms with E-state index in [-0.39, 0.29) is 0 Å². The molecule has 2 rings (SSSR count). The van der Waals surface area contributed by atoms with E-state index in [1.807, 2.05) is 4.90 Å². The Balaban J connectivity index is 2.21. The highest BCUT2D eigenvalue weighted by Crippen LogP contribution is 2.29. The zero-order chi connectivity index (χ0) is 11.7. The molecule has 86 valence electrons. The second-order valence-electron chi connectivity index (χ2n) is 3.51. The molecule has 0 amide bonds. The van der Waals surface area contributed by atoms with Crippen molar-refractivity contribution in [3.8, 4) is 0 Å². The van der Waals surface area contributed by atoms with E-state index in [2.05, 4.69) is 5.32 Å². The van der Waals surface area contributed by atoms with E-state index >= 15 is 0 Å². The summed E-state index contributed by atoms with van der Waals surface area (Å²) in [5.74, 6) is 0. The first-order chi connectivity index (χ1) is 7.58. The van der Waals surface area contributed by atoms with Gasteiger partial charge in [0.15, 0.2) is 5.11 Å². The summed E-state index contributed by atoms with van der Waals surface area (Å²) in [6.07, 6.45) is 0. The molecule has 0 bridgehead atoms. The number of nitrogens with one attached hydrogen (secondary N) is 1. The molecule has 0 unspecified atom stereocenters. The second-order valence-corrected chi connectivity index (χ2v) is 5.12. The number of hydrogen-bond donors (Lipinski definition) is 1. The van der Waals surface area contributed by atoms with Gasteiger partial charge in [-0.1, -0.05) is 34.8 Å². The zero-order valence-electron chi connectivity index (χ0n) is 8.27. The summed E-state index contributed by atoms with van der Waals surface area (Å²) in [7, 11) is 0. The molecule has 2 nitrogen and oxygen atoms in total. The molecule has 0 spiro atoms. The van der Waals surface area contributed by atoms with Crippen molar-refractivity contribution in [3.63, 3.8) is 0 Å². The normalized spacial score (nSPS) is 15.4. The van der Waals surface area contributed by atoms with E-state index < -0.39 is 0 Å². The van der Waals surface area contributed by atoms with E-state index in [4.69, 9.17) is 47.0 Å². The lowest BCUT2D eigenvalue weighted by molar-refractivity contribution is 0.464. The summed E-state index contributed by atoms with van der Waals surface area (Å²) in [5, 5.41) is 5.44. The minimum absolute atomic E-state index is 0.470. The SMILES string of the molecule is S=C1NCCN1Cc1cc(Cl)c(Cl)cc1Cl. The minimum atomic E-state index is 0.470. The van der Waals surface area contributed by atoms with Crippen LogP contribution in [-0.2, 0) is 6.54 Å². The summed E-state index contributed by atoms with van der Waals surface area (Å²) in [6, 6.07) is 3.44. The molecule has 0 aliphatic carbocycles. The van der Waals surface area contributed by atoms with Crippen LogP contribution < -0.4 is 5.32 Å². The molecule has 1 N–H and O–H groups in total. The average molecular weight is 296 g/mol. The van der Waals surface area contributed by atoms with E-state index in [1.165, 1.54) is 0 Å². The van der Waals surface area contributed by atoms with Crippen LogP contribution in [0, 0.1) is 0 Å². The molecule has 6 heteroatoms. The molecule has 0 atom stereocenters. The van der Waals surface area contributed by atoms with Gasteiger partial charge in [-0.3, -0.25) is 0 Å². The lowest BCUT2D eigenvalue weighted by Crippen LogP contribution is -2.27. The van der Waals surface area contributed by atoms with Crippen molar-refractivity contribution < 1.29 is 0 Å². The molecule has 1 aliphatic heterocycles. The van der Waals surface area contributed by atoms with Gasteiger partial charge in [-0.15, -0.1) is 0 Å². The van der Waals surface area contributed by atoms with Gasteiger partial charge < -0.3 is 10.2 Å². The number of benzene rings is 1. The molecule has 16 heavy (non-hydrogen) atoms. The van der Waals surface area contributed by atoms with Gasteiger partial charge in [0.05, 0.1) is 10.0 Å². The van der Waals surface area contributed by atoms with Crippen LogP contribution >= 0.6 is 47.0 Å². The van der Waals surface area contributed by atoms with E-state index in [1.54, 1.807) is 12.1 Å². The minimum Gasteiger partial charge on any atom is -0.361 e. The first-order valence-electron chi connectivity index (χ1n) is 4.74. The standard InChI is InChI=1S/C10H9Cl3N2S/c11-7-4-9(13)8(12)3-6(7)5-15-2-1-14-10(15)16/h3-4H,1-2,5H2,(H,14,16). The average Bonchev–Trinajstić information content (AvgIpc) is 2.61. The maximum absolute atomic E-state index is 6.09. The summed E-state index contributed by atoms with van der Waals surface area (Å²) < 4.78 is 0. The van der Waals surface area contributed by atoms with Gasteiger partial charge in [-0.2, -0.15) is 0 Å². The van der Waals surface area contributed by atoms with Gasteiger partial charge in [0.2, 0.25) is 0 Å². The Morgan fingerprint density at radius 3 is 2.50 bits per heavy atom. The van der Waals surface area contributed by atoms with Crippen LogP contribution in [0.3, 0.4) is 0 Å². The third-order valence-corrected chi connectivity index (χ3v) is 3.87. The quantitative estimate of drug-likeness (QED) is 0.665. The molecule has 1 aromatic carbocycles. The predicted octanol–water partition coefficient (Wildman–Crippen LogP) is 3.34. The number of thiocarbonyl (C=S) groups is 1. The summed E-state index contributed by atoms with van der Waals surface area (Å²) in [6.45, 7) is 2.41. The lowest BCUT2D eigenvalue weighted by atomic mass is 10.2. The summed E-state index contributed by atoms with van der Waals surface area (Å²) >= 11 is 23.1. The van der Waals surface area contributed by atoms with Gasteiger partial charge in [0, 0.05) is 24.7 Å². The van der Waals surface area contributed by atoms with Crippen LogP contribution in [0.15, 0.2) is 12.1 Å². The zero-order valence-corrected chi connectivity index (χ0v) is 11.3. The first kappa shape index (κ1) is 12.2. The maximum Gasteiger partial charge on any atom is 0.169 e. The van der Waals surface area contributed by atoms with Crippen LogP contribution in [0.1, 0.15) is 5.56 Å². The third-order valence-electron chi connectivity index (χ3n) is 2.40. The van der Waals surface area contributed by atoms with E-state index in [0.29, 0.717) is 21.6 Å². The van der Waals surface area contributed by atoms with Crippen LogP contribution in [0.25, 0.3) is 0 Å². The molecule has 1 heterocycles. The summed E-state index contributed by atoms with van der Waals surface area (Å²) in [5.41, 5.74) is 0.933.